The molecule has 2 heteroatoms. The Morgan fingerprint density at radius 1 is 0.333 bits per heavy atom. The van der Waals surface area contributed by atoms with E-state index in [-0.39, 0.29) is 0 Å². The summed E-state index contributed by atoms with van der Waals surface area (Å²) >= 11 is 0. The van der Waals surface area contributed by atoms with Crippen LogP contribution in [0.2, 0.25) is 0 Å². The van der Waals surface area contributed by atoms with Crippen molar-refractivity contribution < 1.29 is 0 Å². The van der Waals surface area contributed by atoms with Crippen molar-refractivity contribution in [1.29, 1.82) is 0 Å². The van der Waals surface area contributed by atoms with Gasteiger partial charge in [-0.1, -0.05) is 164 Å². The fraction of sp³-hybridized carbons (Fsp3) is 0. The van der Waals surface area contributed by atoms with Gasteiger partial charge in [-0.15, -0.1) is 0 Å². The average Bonchev–Trinajstić information content (AvgIpc) is 3.60. The normalized spacial score (nSPS) is 11.3. The van der Waals surface area contributed by atoms with Crippen LogP contribution in [0.25, 0.3) is 71.6 Å². The van der Waals surface area contributed by atoms with E-state index in [0.29, 0.717) is 0 Å². The molecule has 0 amide bonds. The molecular weight excluding hydrogens is 653 g/mol. The Balaban J connectivity index is 1.28. The van der Waals surface area contributed by atoms with Crippen LogP contribution in [0, 0.1) is 0 Å². The van der Waals surface area contributed by atoms with E-state index in [1.807, 2.05) is 0 Å². The third kappa shape index (κ3) is 5.44. The molecular formula is C52H36N2. The first-order valence-corrected chi connectivity index (χ1v) is 18.5. The highest BCUT2D eigenvalue weighted by atomic mass is 15.2. The van der Waals surface area contributed by atoms with Crippen molar-refractivity contribution in [3.05, 3.63) is 218 Å². The maximum absolute atomic E-state index is 2.48. The number of hydrogen-bond acceptors (Lipinski definition) is 1. The van der Waals surface area contributed by atoms with Gasteiger partial charge in [0.05, 0.1) is 22.4 Å². The van der Waals surface area contributed by atoms with Crippen molar-refractivity contribution in [2.75, 3.05) is 4.90 Å². The Bertz CT molecular complexity index is 2930. The quantitative estimate of drug-likeness (QED) is 0.162. The minimum absolute atomic E-state index is 1.09. The fourth-order valence-corrected chi connectivity index (χ4v) is 8.12. The van der Waals surface area contributed by atoms with Gasteiger partial charge in [-0.25, -0.2) is 0 Å². The highest BCUT2D eigenvalue weighted by molar-refractivity contribution is 6.17. The van der Waals surface area contributed by atoms with Crippen LogP contribution in [0.15, 0.2) is 218 Å². The zero-order chi connectivity index (χ0) is 35.8. The summed E-state index contributed by atoms with van der Waals surface area (Å²) in [6, 6.07) is 79.0. The van der Waals surface area contributed by atoms with Crippen molar-refractivity contribution >= 4 is 49.6 Å². The monoisotopic (exact) mass is 688 g/mol. The van der Waals surface area contributed by atoms with Gasteiger partial charge in [0.1, 0.15) is 0 Å². The van der Waals surface area contributed by atoms with Gasteiger partial charge >= 0.3 is 0 Å². The summed E-state index contributed by atoms with van der Waals surface area (Å²) in [5.41, 5.74) is 13.9. The number of rotatable bonds is 7. The molecule has 0 aliphatic rings. The van der Waals surface area contributed by atoms with E-state index in [1.54, 1.807) is 0 Å². The Morgan fingerprint density at radius 3 is 1.74 bits per heavy atom. The molecule has 254 valence electrons. The molecule has 0 spiro atoms. The number of nitrogens with zero attached hydrogens (tertiary/aromatic N) is 2. The molecule has 10 rings (SSSR count). The molecule has 0 aliphatic carbocycles. The number of para-hydroxylation sites is 3. The first-order valence-electron chi connectivity index (χ1n) is 18.5. The predicted molar refractivity (Wildman–Crippen MR) is 229 cm³/mol. The minimum atomic E-state index is 1.09. The van der Waals surface area contributed by atoms with Crippen molar-refractivity contribution in [1.82, 2.24) is 4.57 Å². The summed E-state index contributed by atoms with van der Waals surface area (Å²) in [5.74, 6) is 0. The molecule has 0 radical (unpaired) electrons. The van der Waals surface area contributed by atoms with E-state index in [2.05, 4.69) is 228 Å². The predicted octanol–water partition coefficient (Wildman–Crippen LogP) is 14.4. The molecule has 0 N–H and O–H groups in total. The van der Waals surface area contributed by atoms with E-state index >= 15 is 0 Å². The molecule has 9 aromatic carbocycles. The average molecular weight is 689 g/mol. The van der Waals surface area contributed by atoms with Crippen molar-refractivity contribution in [3.63, 3.8) is 0 Å². The number of fused-ring (bicyclic) bond motifs is 4. The lowest BCUT2D eigenvalue weighted by molar-refractivity contribution is 1.18. The molecule has 0 saturated heterocycles. The van der Waals surface area contributed by atoms with Crippen molar-refractivity contribution in [2.45, 2.75) is 0 Å². The van der Waals surface area contributed by atoms with Crippen LogP contribution in [0.1, 0.15) is 0 Å². The topological polar surface area (TPSA) is 8.17 Å². The molecule has 0 unspecified atom stereocenters. The maximum Gasteiger partial charge on any atom is 0.0562 e. The highest BCUT2D eigenvalue weighted by Gasteiger charge is 2.24. The summed E-state index contributed by atoms with van der Waals surface area (Å²) in [6.07, 6.45) is 0. The lowest BCUT2D eigenvalue weighted by atomic mass is 9.92. The van der Waals surface area contributed by atoms with Gasteiger partial charge < -0.3 is 9.47 Å². The second-order valence-corrected chi connectivity index (χ2v) is 13.7. The van der Waals surface area contributed by atoms with E-state index in [9.17, 15) is 0 Å². The zero-order valence-electron chi connectivity index (χ0n) is 29.7. The molecule has 1 heterocycles. The van der Waals surface area contributed by atoms with Gasteiger partial charge in [0, 0.05) is 27.7 Å². The van der Waals surface area contributed by atoms with E-state index in [4.69, 9.17) is 0 Å². The van der Waals surface area contributed by atoms with Crippen LogP contribution >= 0.6 is 0 Å². The Kier molecular flexibility index (Phi) is 7.85. The van der Waals surface area contributed by atoms with Gasteiger partial charge in [0.25, 0.3) is 0 Å². The zero-order valence-corrected chi connectivity index (χ0v) is 29.7. The maximum atomic E-state index is 2.48. The number of benzene rings is 9. The summed E-state index contributed by atoms with van der Waals surface area (Å²) in [6.45, 7) is 0. The van der Waals surface area contributed by atoms with Crippen molar-refractivity contribution in [3.8, 4) is 39.1 Å². The van der Waals surface area contributed by atoms with E-state index < -0.39 is 0 Å². The van der Waals surface area contributed by atoms with Gasteiger partial charge in [0.15, 0.2) is 0 Å². The molecule has 1 aromatic heterocycles. The van der Waals surface area contributed by atoms with Crippen LogP contribution in [0.5, 0.6) is 0 Å². The third-order valence-corrected chi connectivity index (χ3v) is 10.6. The Hall–Kier alpha value is -7.16. The van der Waals surface area contributed by atoms with Gasteiger partial charge in [-0.3, -0.25) is 0 Å². The summed E-state index contributed by atoms with van der Waals surface area (Å²) in [4.78, 5) is 2.48. The molecule has 0 aliphatic heterocycles. The van der Waals surface area contributed by atoms with E-state index in [0.717, 1.165) is 28.3 Å². The second kappa shape index (κ2) is 13.4. The molecule has 0 saturated carbocycles. The first-order chi connectivity index (χ1) is 26.8. The highest BCUT2D eigenvalue weighted by Crippen LogP contribution is 2.48. The summed E-state index contributed by atoms with van der Waals surface area (Å²) in [5, 5.41) is 4.90. The lowest BCUT2D eigenvalue weighted by Crippen LogP contribution is -2.12. The van der Waals surface area contributed by atoms with Crippen LogP contribution in [-0.2, 0) is 0 Å². The standard InChI is InChI=1S/C52H36N2/c1-4-18-38(19-5-1)45-25-12-14-27-48(45)54(51-30-16-29-50-52(51)46-26-13-15-28-49(46)53(50)42-23-8-3-9-24-42)43-33-34-44(47(36-43)39-20-6-2-7-21-39)41-32-31-37-17-10-11-22-40(37)35-41/h1-36H. The number of hydrogen-bond donors (Lipinski definition) is 0. The summed E-state index contributed by atoms with van der Waals surface area (Å²) in [7, 11) is 0. The molecule has 10 aromatic rings. The minimum Gasteiger partial charge on any atom is -0.309 e. The second-order valence-electron chi connectivity index (χ2n) is 13.7. The SMILES string of the molecule is c1ccc(-c2cc(N(c3ccccc3-c3ccccc3)c3cccc4c3c3ccccc3n4-c3ccccc3)ccc2-c2ccc3ccccc3c2)cc1. The van der Waals surface area contributed by atoms with E-state index in [1.165, 1.54) is 60.4 Å². The van der Waals surface area contributed by atoms with Crippen LogP contribution in [-0.4, -0.2) is 4.57 Å². The third-order valence-electron chi connectivity index (χ3n) is 10.6. The van der Waals surface area contributed by atoms with Gasteiger partial charge in [-0.2, -0.15) is 0 Å². The van der Waals surface area contributed by atoms with Crippen LogP contribution in [0.4, 0.5) is 17.1 Å². The summed E-state index contributed by atoms with van der Waals surface area (Å²) < 4.78 is 2.40. The number of anilines is 3. The molecule has 0 bridgehead atoms. The van der Waals surface area contributed by atoms with Crippen molar-refractivity contribution in [2.24, 2.45) is 0 Å². The molecule has 0 atom stereocenters. The lowest BCUT2D eigenvalue weighted by Gasteiger charge is -2.29. The molecule has 54 heavy (non-hydrogen) atoms. The molecule has 2 nitrogen and oxygen atoms in total. The van der Waals surface area contributed by atoms with Gasteiger partial charge in [-0.05, 0) is 93.2 Å². The smallest absolute Gasteiger partial charge is 0.0562 e. The van der Waals surface area contributed by atoms with Gasteiger partial charge in [0.2, 0.25) is 0 Å². The molecule has 0 fully saturated rings. The van der Waals surface area contributed by atoms with Crippen LogP contribution in [0.3, 0.4) is 0 Å². The fourth-order valence-electron chi connectivity index (χ4n) is 8.12. The number of aromatic nitrogens is 1. The Labute approximate surface area is 315 Å². The first kappa shape index (κ1) is 31.6. The van der Waals surface area contributed by atoms with Crippen LogP contribution < -0.4 is 4.90 Å². The largest absolute Gasteiger partial charge is 0.309 e. The Morgan fingerprint density at radius 2 is 0.944 bits per heavy atom.